The van der Waals surface area contributed by atoms with Crippen LogP contribution in [0.3, 0.4) is 0 Å². The molecule has 38 heavy (non-hydrogen) atoms. The van der Waals surface area contributed by atoms with Crippen LogP contribution in [0.5, 0.6) is 17.2 Å². The molecule has 0 radical (unpaired) electrons. The van der Waals surface area contributed by atoms with E-state index < -0.39 is 16.1 Å². The van der Waals surface area contributed by atoms with Crippen LogP contribution in [-0.2, 0) is 16.6 Å². The Morgan fingerprint density at radius 3 is 2.61 bits per heavy atom. The average molecular weight is 544 g/mol. The molecule has 2 aliphatic heterocycles. The van der Waals surface area contributed by atoms with Crippen molar-refractivity contribution in [3.63, 3.8) is 0 Å². The van der Waals surface area contributed by atoms with Crippen LogP contribution in [0, 0.1) is 17.8 Å². The van der Waals surface area contributed by atoms with Gasteiger partial charge in [-0.3, -0.25) is 9.80 Å². The van der Waals surface area contributed by atoms with Crippen molar-refractivity contribution in [2.45, 2.75) is 37.4 Å². The summed E-state index contributed by atoms with van der Waals surface area (Å²) in [7, 11) is 1.99. The molecule has 4 rings (SSSR count). The molecule has 2 aromatic rings. The van der Waals surface area contributed by atoms with Gasteiger partial charge in [-0.15, -0.1) is 0 Å². The van der Waals surface area contributed by atoms with Crippen LogP contribution in [-0.4, -0.2) is 94.0 Å². The van der Waals surface area contributed by atoms with Crippen molar-refractivity contribution in [2.75, 3.05) is 54.2 Å². The second kappa shape index (κ2) is 11.9. The molecule has 0 aromatic heterocycles. The minimum Gasteiger partial charge on any atom is -0.487 e. The maximum absolute atomic E-state index is 13.7. The van der Waals surface area contributed by atoms with E-state index in [1.807, 2.05) is 51.2 Å². The van der Waals surface area contributed by atoms with Gasteiger partial charge in [-0.2, -0.15) is 4.31 Å². The Morgan fingerprint density at radius 1 is 1.11 bits per heavy atom. The lowest BCUT2D eigenvalue weighted by atomic mass is 10.0. The van der Waals surface area contributed by atoms with Crippen LogP contribution >= 0.6 is 0 Å². The standard InChI is InChI=1S/C28H37N3O6S/c1-20-15-31(21(2)18-32)38(33,34)28-11-9-22(7-6-12-29(3)4)13-26(28)37-27(20)17-30(5)16-23-8-10-24-25(14-23)36-19-35-24/h8-11,13-14,20-21,27,32H,12,15-19H2,1-5H3/t20-,21+,27-/m0/s1. The minimum atomic E-state index is -3.89. The molecule has 2 heterocycles. The van der Waals surface area contributed by atoms with Gasteiger partial charge in [0.1, 0.15) is 16.7 Å². The summed E-state index contributed by atoms with van der Waals surface area (Å²) in [6.07, 6.45) is -0.304. The molecule has 10 heteroatoms. The number of aliphatic hydroxyl groups excluding tert-OH is 1. The molecule has 0 unspecified atom stereocenters. The summed E-state index contributed by atoms with van der Waals surface area (Å²) in [6, 6.07) is 10.3. The van der Waals surface area contributed by atoms with Crippen LogP contribution in [0.1, 0.15) is 25.0 Å². The number of aliphatic hydroxyl groups is 1. The van der Waals surface area contributed by atoms with E-state index in [1.54, 1.807) is 25.1 Å². The fourth-order valence-electron chi connectivity index (χ4n) is 4.54. The van der Waals surface area contributed by atoms with Gasteiger partial charge in [-0.05, 0) is 64.0 Å². The summed E-state index contributed by atoms with van der Waals surface area (Å²) in [5.41, 5.74) is 1.76. The third-order valence-electron chi connectivity index (χ3n) is 6.68. The SMILES string of the molecule is C[C@H](CO)N1C[C@H](C)[C@H](CN(C)Cc2ccc3c(c2)OCO3)Oc2cc(C#CCN(C)C)ccc2S1(=O)=O. The molecule has 0 saturated heterocycles. The van der Waals surface area contributed by atoms with Gasteiger partial charge in [0.15, 0.2) is 11.5 Å². The second-order valence-corrected chi connectivity index (χ2v) is 12.2. The van der Waals surface area contributed by atoms with Crippen molar-refractivity contribution < 1.29 is 27.7 Å². The summed E-state index contributed by atoms with van der Waals surface area (Å²) in [5.74, 6) is 7.81. The summed E-state index contributed by atoms with van der Waals surface area (Å²) in [6.45, 7) is 5.69. The fraction of sp³-hybridized carbons (Fsp3) is 0.500. The number of likely N-dealkylation sites (N-methyl/N-ethyl adjacent to an activating group) is 1. The van der Waals surface area contributed by atoms with Gasteiger partial charge < -0.3 is 19.3 Å². The number of fused-ring (bicyclic) bond motifs is 2. The molecule has 2 aromatic carbocycles. The molecule has 2 aliphatic rings. The molecular weight excluding hydrogens is 506 g/mol. The summed E-state index contributed by atoms with van der Waals surface area (Å²) in [5, 5.41) is 9.86. The van der Waals surface area contributed by atoms with E-state index in [-0.39, 0.29) is 42.6 Å². The fourth-order valence-corrected chi connectivity index (χ4v) is 6.37. The lowest BCUT2D eigenvalue weighted by Crippen LogP contribution is -2.49. The maximum Gasteiger partial charge on any atom is 0.247 e. The Kier molecular flexibility index (Phi) is 8.85. The van der Waals surface area contributed by atoms with Crippen molar-refractivity contribution in [1.82, 2.24) is 14.1 Å². The van der Waals surface area contributed by atoms with Gasteiger partial charge in [0.2, 0.25) is 16.8 Å². The third kappa shape index (κ3) is 6.42. The molecule has 1 N–H and O–H groups in total. The maximum atomic E-state index is 13.7. The Bertz CT molecular complexity index is 1300. The second-order valence-electron chi connectivity index (χ2n) is 10.3. The van der Waals surface area contributed by atoms with Gasteiger partial charge in [0.05, 0.1) is 13.2 Å². The smallest absolute Gasteiger partial charge is 0.247 e. The number of nitrogens with zero attached hydrogens (tertiary/aromatic N) is 3. The van der Waals surface area contributed by atoms with Crippen LogP contribution in [0.4, 0.5) is 0 Å². The third-order valence-corrected chi connectivity index (χ3v) is 8.70. The summed E-state index contributed by atoms with van der Waals surface area (Å²) >= 11 is 0. The van der Waals surface area contributed by atoms with Gasteiger partial charge in [0, 0.05) is 37.2 Å². The Morgan fingerprint density at radius 2 is 1.87 bits per heavy atom. The molecule has 0 spiro atoms. The summed E-state index contributed by atoms with van der Waals surface area (Å²) in [4.78, 5) is 4.20. The average Bonchev–Trinajstić information content (AvgIpc) is 3.33. The topological polar surface area (TPSA) is 91.8 Å². The van der Waals surface area contributed by atoms with Gasteiger partial charge >= 0.3 is 0 Å². The van der Waals surface area contributed by atoms with Gasteiger partial charge in [0.25, 0.3) is 0 Å². The highest BCUT2D eigenvalue weighted by molar-refractivity contribution is 7.89. The van der Waals surface area contributed by atoms with Crippen LogP contribution < -0.4 is 14.2 Å². The first-order chi connectivity index (χ1) is 18.1. The highest BCUT2D eigenvalue weighted by Crippen LogP contribution is 2.35. The number of ether oxygens (including phenoxy) is 3. The first-order valence-electron chi connectivity index (χ1n) is 12.7. The highest BCUT2D eigenvalue weighted by atomic mass is 32.2. The molecular formula is C28H37N3O6S. The quantitative estimate of drug-likeness (QED) is 0.532. The van der Waals surface area contributed by atoms with Crippen molar-refractivity contribution in [3.05, 3.63) is 47.5 Å². The van der Waals surface area contributed by atoms with Crippen molar-refractivity contribution in [3.8, 4) is 29.1 Å². The van der Waals surface area contributed by atoms with Crippen LogP contribution in [0.15, 0.2) is 41.3 Å². The first kappa shape index (κ1) is 28.2. The highest BCUT2D eigenvalue weighted by Gasteiger charge is 2.38. The lowest BCUT2D eigenvalue weighted by molar-refractivity contribution is 0.0733. The van der Waals surface area contributed by atoms with Crippen molar-refractivity contribution >= 4 is 10.0 Å². The zero-order chi connectivity index (χ0) is 27.4. The number of hydrogen-bond acceptors (Lipinski definition) is 8. The first-order valence-corrected chi connectivity index (χ1v) is 14.2. The monoisotopic (exact) mass is 543 g/mol. The minimum absolute atomic E-state index is 0.0892. The van der Waals surface area contributed by atoms with Gasteiger partial charge in [-0.25, -0.2) is 8.42 Å². The van der Waals surface area contributed by atoms with Gasteiger partial charge in [-0.1, -0.05) is 24.8 Å². The number of sulfonamides is 1. The molecule has 0 saturated carbocycles. The molecule has 9 nitrogen and oxygen atoms in total. The van der Waals surface area contributed by atoms with E-state index in [4.69, 9.17) is 14.2 Å². The Hall–Kier alpha value is -2.81. The predicted molar refractivity (Wildman–Crippen MR) is 145 cm³/mol. The molecule has 3 atom stereocenters. The van der Waals surface area contributed by atoms with Crippen LogP contribution in [0.25, 0.3) is 0 Å². The Labute approximate surface area is 225 Å². The van der Waals surface area contributed by atoms with E-state index in [1.165, 1.54) is 4.31 Å². The molecule has 0 fully saturated rings. The summed E-state index contributed by atoms with van der Waals surface area (Å²) < 4.78 is 46.1. The van der Waals surface area contributed by atoms with E-state index >= 15 is 0 Å². The molecule has 0 amide bonds. The van der Waals surface area contributed by atoms with E-state index in [9.17, 15) is 13.5 Å². The number of rotatable bonds is 7. The molecule has 0 bridgehead atoms. The van der Waals surface area contributed by atoms with E-state index in [2.05, 4.69) is 16.7 Å². The van der Waals surface area contributed by atoms with Crippen LogP contribution in [0.2, 0.25) is 0 Å². The van der Waals surface area contributed by atoms with Crippen molar-refractivity contribution in [2.24, 2.45) is 5.92 Å². The molecule has 206 valence electrons. The van der Waals surface area contributed by atoms with Crippen molar-refractivity contribution in [1.29, 1.82) is 0 Å². The van der Waals surface area contributed by atoms with E-state index in [0.717, 1.165) is 17.1 Å². The molecule has 0 aliphatic carbocycles. The van der Waals surface area contributed by atoms with E-state index in [0.29, 0.717) is 25.2 Å². The largest absolute Gasteiger partial charge is 0.487 e. The zero-order valence-electron chi connectivity index (χ0n) is 22.7. The normalized spacial score (nSPS) is 21.2. The Balaban J connectivity index is 1.63. The predicted octanol–water partition coefficient (Wildman–Crippen LogP) is 2.23. The number of benzene rings is 2. The lowest BCUT2D eigenvalue weighted by Gasteiger charge is -2.37. The zero-order valence-corrected chi connectivity index (χ0v) is 23.5. The number of hydrogen-bond donors (Lipinski definition) is 1.